The first-order valence-electron chi connectivity index (χ1n) is 8.36. The number of aliphatic imine (C=N–C) groups is 1. The van der Waals surface area contributed by atoms with Gasteiger partial charge in [-0.25, -0.2) is 4.99 Å². The number of nitrogens with zero attached hydrogens (tertiary/aromatic N) is 3. The second kappa shape index (κ2) is 7.61. The Labute approximate surface area is 152 Å². The highest BCUT2D eigenvalue weighted by molar-refractivity contribution is 8.18. The van der Waals surface area contributed by atoms with Crippen LogP contribution < -0.4 is 10.2 Å². The summed E-state index contributed by atoms with van der Waals surface area (Å²) in [4.78, 5) is 19.6. The molecule has 0 bridgehead atoms. The normalized spacial score (nSPS) is 17.3. The van der Waals surface area contributed by atoms with Crippen molar-refractivity contribution in [3.63, 3.8) is 0 Å². The molecule has 6 heteroatoms. The zero-order valence-electron chi connectivity index (χ0n) is 14.7. The quantitative estimate of drug-likeness (QED) is 0.832. The summed E-state index contributed by atoms with van der Waals surface area (Å²) < 4.78 is 1.97. The molecule has 0 atom stereocenters. The Balaban J connectivity index is 1.76. The van der Waals surface area contributed by atoms with Crippen LogP contribution in [0.3, 0.4) is 0 Å². The summed E-state index contributed by atoms with van der Waals surface area (Å²) in [5.74, 6) is -0.107. The molecule has 0 unspecified atom stereocenters. The average Bonchev–Trinajstić information content (AvgIpc) is 3.16. The third-order valence-electron chi connectivity index (χ3n) is 4.12. The Morgan fingerprint density at radius 3 is 2.52 bits per heavy atom. The van der Waals surface area contributed by atoms with E-state index in [1.807, 2.05) is 48.2 Å². The number of benzene rings is 1. The summed E-state index contributed by atoms with van der Waals surface area (Å²) in [6, 6.07) is 12.0. The van der Waals surface area contributed by atoms with Crippen molar-refractivity contribution in [3.8, 4) is 0 Å². The molecule has 1 aromatic carbocycles. The van der Waals surface area contributed by atoms with Crippen molar-refractivity contribution in [3.05, 3.63) is 53.2 Å². The summed E-state index contributed by atoms with van der Waals surface area (Å²) in [5, 5.41) is 3.44. The third kappa shape index (κ3) is 3.96. The maximum atomic E-state index is 12.1. The molecule has 1 aliphatic rings. The van der Waals surface area contributed by atoms with Gasteiger partial charge in [-0.1, -0.05) is 0 Å². The van der Waals surface area contributed by atoms with Gasteiger partial charge >= 0.3 is 0 Å². The smallest absolute Gasteiger partial charge is 0.264 e. The fraction of sp³-hybridized carbons (Fsp3) is 0.263. The molecule has 1 aliphatic heterocycles. The van der Waals surface area contributed by atoms with Crippen LogP contribution in [0.4, 0.5) is 11.4 Å². The van der Waals surface area contributed by atoms with Crippen molar-refractivity contribution >= 4 is 40.3 Å². The molecule has 1 aromatic heterocycles. The van der Waals surface area contributed by atoms with Crippen LogP contribution >= 0.6 is 11.8 Å². The van der Waals surface area contributed by atoms with E-state index in [0.717, 1.165) is 24.5 Å². The number of thioether (sulfide) groups is 1. The van der Waals surface area contributed by atoms with E-state index >= 15 is 0 Å². The Morgan fingerprint density at radius 2 is 1.92 bits per heavy atom. The molecule has 2 aromatic rings. The van der Waals surface area contributed by atoms with E-state index in [1.54, 1.807) is 0 Å². The van der Waals surface area contributed by atoms with E-state index in [9.17, 15) is 4.79 Å². The van der Waals surface area contributed by atoms with E-state index in [2.05, 4.69) is 41.2 Å². The minimum atomic E-state index is -0.107. The van der Waals surface area contributed by atoms with Gasteiger partial charge in [0, 0.05) is 37.7 Å². The molecule has 1 N–H and O–H groups in total. The second-order valence-corrected chi connectivity index (χ2v) is 6.75. The van der Waals surface area contributed by atoms with Gasteiger partial charge in [-0.15, -0.1) is 0 Å². The number of hydrogen-bond donors (Lipinski definition) is 1. The molecule has 2 heterocycles. The number of amides is 1. The second-order valence-electron chi connectivity index (χ2n) is 5.71. The molecule has 5 nitrogen and oxygen atoms in total. The number of aromatic nitrogens is 1. The first kappa shape index (κ1) is 17.4. The standard InChI is InChI=1S/C19H22N4OS/c1-4-23(5-2)15-10-8-14(9-11-15)20-19-21-18(24)17(25-19)13-16-7-6-12-22(16)3/h6-13H,4-5H2,1-3H3,(H,20,21,24)/b17-13+. The van der Waals surface area contributed by atoms with E-state index in [0.29, 0.717) is 10.1 Å². The Morgan fingerprint density at radius 1 is 1.20 bits per heavy atom. The van der Waals surface area contributed by atoms with Crippen LogP contribution in [0, 0.1) is 0 Å². The van der Waals surface area contributed by atoms with Crippen LogP contribution in [0.1, 0.15) is 19.5 Å². The zero-order valence-corrected chi connectivity index (χ0v) is 15.5. The van der Waals surface area contributed by atoms with E-state index in [-0.39, 0.29) is 5.91 Å². The van der Waals surface area contributed by atoms with E-state index in [1.165, 1.54) is 17.4 Å². The van der Waals surface area contributed by atoms with Crippen molar-refractivity contribution < 1.29 is 4.79 Å². The lowest BCUT2D eigenvalue weighted by Crippen LogP contribution is -2.21. The topological polar surface area (TPSA) is 49.6 Å². The predicted octanol–water partition coefficient (Wildman–Crippen LogP) is 3.76. The summed E-state index contributed by atoms with van der Waals surface area (Å²) in [7, 11) is 1.95. The number of aryl methyl sites for hydroxylation is 1. The largest absolute Gasteiger partial charge is 0.372 e. The van der Waals surface area contributed by atoms with Gasteiger partial charge in [-0.2, -0.15) is 0 Å². The maximum Gasteiger partial charge on any atom is 0.264 e. The van der Waals surface area contributed by atoms with Gasteiger partial charge in [0.2, 0.25) is 0 Å². The molecule has 0 radical (unpaired) electrons. The Kier molecular flexibility index (Phi) is 5.28. The number of nitrogens with one attached hydrogen (secondary N) is 1. The highest BCUT2D eigenvalue weighted by Gasteiger charge is 2.24. The van der Waals surface area contributed by atoms with Crippen LogP contribution in [0.5, 0.6) is 0 Å². The fourth-order valence-electron chi connectivity index (χ4n) is 2.68. The van der Waals surface area contributed by atoms with Crippen LogP contribution in [0.2, 0.25) is 0 Å². The van der Waals surface area contributed by atoms with Crippen molar-refractivity contribution in [1.82, 2.24) is 9.88 Å². The lowest BCUT2D eigenvalue weighted by molar-refractivity contribution is -0.115. The number of amidine groups is 1. The third-order valence-corrected chi connectivity index (χ3v) is 5.03. The number of carbonyl (C=O) groups excluding carboxylic acids is 1. The monoisotopic (exact) mass is 354 g/mol. The molecule has 3 rings (SSSR count). The van der Waals surface area contributed by atoms with E-state index in [4.69, 9.17) is 0 Å². The van der Waals surface area contributed by atoms with Gasteiger partial charge < -0.3 is 14.8 Å². The van der Waals surface area contributed by atoms with Gasteiger partial charge in [-0.3, -0.25) is 4.79 Å². The summed E-state index contributed by atoms with van der Waals surface area (Å²) in [6.45, 7) is 6.24. The molecule has 1 saturated heterocycles. The molecular weight excluding hydrogens is 332 g/mol. The molecule has 0 spiro atoms. The minimum Gasteiger partial charge on any atom is -0.372 e. The summed E-state index contributed by atoms with van der Waals surface area (Å²) >= 11 is 1.37. The molecule has 25 heavy (non-hydrogen) atoms. The van der Waals surface area contributed by atoms with Crippen LogP contribution in [-0.4, -0.2) is 28.7 Å². The van der Waals surface area contributed by atoms with Gasteiger partial charge in [-0.05, 0) is 68.1 Å². The number of rotatable bonds is 5. The van der Waals surface area contributed by atoms with Crippen molar-refractivity contribution in [2.45, 2.75) is 13.8 Å². The van der Waals surface area contributed by atoms with Crippen LogP contribution in [-0.2, 0) is 11.8 Å². The lowest BCUT2D eigenvalue weighted by atomic mass is 10.2. The first-order chi connectivity index (χ1) is 12.1. The SMILES string of the molecule is CCN(CC)c1ccc(N=C2NC(=O)/C(=C\c3cccn3C)S2)cc1. The Bertz CT molecular complexity index is 816. The van der Waals surface area contributed by atoms with Crippen molar-refractivity contribution in [1.29, 1.82) is 0 Å². The maximum absolute atomic E-state index is 12.1. The fourth-order valence-corrected chi connectivity index (χ4v) is 3.51. The Hall–Kier alpha value is -2.47. The highest BCUT2D eigenvalue weighted by atomic mass is 32.2. The first-order valence-corrected chi connectivity index (χ1v) is 9.18. The van der Waals surface area contributed by atoms with Gasteiger partial charge in [0.05, 0.1) is 10.6 Å². The molecule has 1 fully saturated rings. The summed E-state index contributed by atoms with van der Waals surface area (Å²) in [5.41, 5.74) is 3.00. The van der Waals surface area contributed by atoms with Crippen molar-refractivity contribution in [2.24, 2.45) is 12.0 Å². The van der Waals surface area contributed by atoms with Gasteiger partial charge in [0.1, 0.15) is 0 Å². The van der Waals surface area contributed by atoms with E-state index < -0.39 is 0 Å². The van der Waals surface area contributed by atoms with Crippen LogP contribution in [0.15, 0.2) is 52.5 Å². The molecule has 130 valence electrons. The molecular formula is C19H22N4OS. The van der Waals surface area contributed by atoms with Gasteiger partial charge in [0.15, 0.2) is 5.17 Å². The van der Waals surface area contributed by atoms with Gasteiger partial charge in [0.25, 0.3) is 5.91 Å². The predicted molar refractivity (Wildman–Crippen MR) is 106 cm³/mol. The van der Waals surface area contributed by atoms with Crippen LogP contribution in [0.25, 0.3) is 6.08 Å². The minimum absolute atomic E-state index is 0.107. The van der Waals surface area contributed by atoms with Crippen molar-refractivity contribution in [2.75, 3.05) is 18.0 Å². The molecule has 0 aliphatic carbocycles. The molecule has 1 amide bonds. The lowest BCUT2D eigenvalue weighted by Gasteiger charge is -2.20. The average molecular weight is 354 g/mol. The highest BCUT2D eigenvalue weighted by Crippen LogP contribution is 2.28. The summed E-state index contributed by atoms with van der Waals surface area (Å²) in [6.07, 6.45) is 3.84. The zero-order chi connectivity index (χ0) is 17.8. The number of hydrogen-bond acceptors (Lipinski definition) is 4. The number of carbonyl (C=O) groups is 1. The molecule has 0 saturated carbocycles. The number of anilines is 1.